The summed E-state index contributed by atoms with van der Waals surface area (Å²) in [6.45, 7) is 10.0. The summed E-state index contributed by atoms with van der Waals surface area (Å²) in [6, 6.07) is 15.3. The number of pyridine rings is 2. The summed E-state index contributed by atoms with van der Waals surface area (Å²) in [5.41, 5.74) is 9.75. The van der Waals surface area contributed by atoms with E-state index in [0.29, 0.717) is 29.6 Å². The highest BCUT2D eigenvalue weighted by molar-refractivity contribution is 6.31. The average Bonchev–Trinajstić information content (AvgIpc) is 3.67. The number of fused-ring (bicyclic) bond motifs is 2. The van der Waals surface area contributed by atoms with Crippen molar-refractivity contribution in [3.63, 3.8) is 0 Å². The lowest BCUT2D eigenvalue weighted by molar-refractivity contribution is 0.194. The number of hydrogen-bond donors (Lipinski definition) is 2. The molecule has 0 saturated carbocycles. The number of aromatic nitrogens is 4. The largest absolute Gasteiger partial charge is 0.453 e. The molecule has 41 heavy (non-hydrogen) atoms. The van der Waals surface area contributed by atoms with Crippen LogP contribution in [-0.2, 0) is 17.5 Å². The van der Waals surface area contributed by atoms with Gasteiger partial charge in [-0.3, -0.25) is 9.67 Å². The fourth-order valence-electron chi connectivity index (χ4n) is 5.85. The second kappa shape index (κ2) is 10.2. The van der Waals surface area contributed by atoms with Crippen molar-refractivity contribution in [3.05, 3.63) is 95.5 Å². The van der Waals surface area contributed by atoms with E-state index < -0.39 is 5.54 Å². The predicted octanol–water partition coefficient (Wildman–Crippen LogP) is 5.62. The number of benzene rings is 1. The van der Waals surface area contributed by atoms with E-state index in [2.05, 4.69) is 32.6 Å². The van der Waals surface area contributed by atoms with Gasteiger partial charge in [-0.25, -0.2) is 9.78 Å². The Bertz CT molecular complexity index is 1630. The van der Waals surface area contributed by atoms with E-state index in [9.17, 15) is 4.79 Å². The van der Waals surface area contributed by atoms with Gasteiger partial charge in [-0.1, -0.05) is 48.5 Å². The molecule has 4 aromatic rings. The zero-order valence-electron chi connectivity index (χ0n) is 23.1. The van der Waals surface area contributed by atoms with Gasteiger partial charge in [0.1, 0.15) is 5.76 Å². The van der Waals surface area contributed by atoms with Crippen LogP contribution in [0, 0.1) is 0 Å². The standard InChI is InChI=1S/C31H32ClN7O2/c1-20(21-7-5-4-6-8-21)41-26-15-22(17-35-28(26)33)25-16-27-31(11-14-39(27)37-25)10-13-38(19-31)29(40)36-30(2,3)23-9-12-34-18-24(23)32/h4-9,12,15-18H,1,10-11,13-14,19H2,2-3H3,(H2,33,35)(H,36,40). The fraction of sp³-hybridized carbons (Fsp3) is 0.290. The molecule has 1 aromatic carbocycles. The molecule has 0 bridgehead atoms. The summed E-state index contributed by atoms with van der Waals surface area (Å²) < 4.78 is 8.06. The third-order valence-corrected chi connectivity index (χ3v) is 8.44. The monoisotopic (exact) mass is 569 g/mol. The first-order chi connectivity index (χ1) is 19.6. The molecule has 6 rings (SSSR count). The van der Waals surface area contributed by atoms with Crippen molar-refractivity contribution in [2.75, 3.05) is 18.8 Å². The van der Waals surface area contributed by atoms with Crippen molar-refractivity contribution < 1.29 is 9.53 Å². The van der Waals surface area contributed by atoms with Crippen LogP contribution >= 0.6 is 11.6 Å². The quantitative estimate of drug-likeness (QED) is 0.292. The molecule has 2 amide bonds. The van der Waals surface area contributed by atoms with Gasteiger partial charge in [0.25, 0.3) is 0 Å². The van der Waals surface area contributed by atoms with Gasteiger partial charge in [0.2, 0.25) is 0 Å². The van der Waals surface area contributed by atoms with Crippen LogP contribution in [0.2, 0.25) is 5.02 Å². The van der Waals surface area contributed by atoms with Crippen LogP contribution in [0.15, 0.2) is 73.7 Å². The van der Waals surface area contributed by atoms with Crippen LogP contribution < -0.4 is 15.8 Å². The molecule has 9 nitrogen and oxygen atoms in total. The Morgan fingerprint density at radius 3 is 2.71 bits per heavy atom. The molecule has 5 heterocycles. The second-order valence-corrected chi connectivity index (χ2v) is 11.7. The van der Waals surface area contributed by atoms with E-state index >= 15 is 0 Å². The molecule has 3 N–H and O–H groups in total. The molecular formula is C31H32ClN7O2. The minimum atomic E-state index is -0.648. The molecular weight excluding hydrogens is 538 g/mol. The summed E-state index contributed by atoms with van der Waals surface area (Å²) in [5.74, 6) is 1.20. The van der Waals surface area contributed by atoms with E-state index in [0.717, 1.165) is 47.5 Å². The number of urea groups is 1. The molecule has 1 fully saturated rings. The fourth-order valence-corrected chi connectivity index (χ4v) is 6.21. The highest BCUT2D eigenvalue weighted by Gasteiger charge is 2.47. The predicted molar refractivity (Wildman–Crippen MR) is 159 cm³/mol. The molecule has 1 spiro atoms. The maximum Gasteiger partial charge on any atom is 0.318 e. The average molecular weight is 570 g/mol. The number of hydrogen-bond acceptors (Lipinski definition) is 6. The number of anilines is 1. The van der Waals surface area contributed by atoms with Gasteiger partial charge < -0.3 is 20.7 Å². The number of likely N-dealkylation sites (tertiary alicyclic amines) is 1. The SMILES string of the molecule is C=C(Oc1cc(-c2cc3n(n2)CCC32CCN(C(=O)NC(C)(C)c3ccncc3Cl)C2)cnc1N)c1ccccc1. The number of amides is 2. The van der Waals surface area contributed by atoms with Gasteiger partial charge >= 0.3 is 6.03 Å². The first kappa shape index (κ1) is 26.8. The summed E-state index contributed by atoms with van der Waals surface area (Å²) in [5, 5.41) is 8.58. The van der Waals surface area contributed by atoms with Gasteiger partial charge in [-0.05, 0) is 50.5 Å². The molecule has 1 atom stereocenters. The molecule has 210 valence electrons. The molecule has 1 unspecified atom stereocenters. The maximum atomic E-state index is 13.4. The Morgan fingerprint density at radius 2 is 1.93 bits per heavy atom. The van der Waals surface area contributed by atoms with Crippen LogP contribution in [0.4, 0.5) is 10.6 Å². The van der Waals surface area contributed by atoms with Crippen LogP contribution in [0.1, 0.15) is 43.5 Å². The van der Waals surface area contributed by atoms with Crippen LogP contribution in [0.5, 0.6) is 5.75 Å². The number of nitrogen functional groups attached to an aromatic ring is 1. The summed E-state index contributed by atoms with van der Waals surface area (Å²) >= 11 is 6.37. The topological polar surface area (TPSA) is 111 Å². The van der Waals surface area contributed by atoms with Crippen molar-refractivity contribution in [1.29, 1.82) is 0 Å². The highest BCUT2D eigenvalue weighted by Crippen LogP contribution is 2.44. The van der Waals surface area contributed by atoms with Crippen molar-refractivity contribution >= 4 is 29.2 Å². The Kier molecular flexibility index (Phi) is 6.69. The van der Waals surface area contributed by atoms with Crippen LogP contribution in [0.25, 0.3) is 17.0 Å². The minimum Gasteiger partial charge on any atom is -0.453 e. The van der Waals surface area contributed by atoms with Crippen molar-refractivity contribution in [2.24, 2.45) is 0 Å². The molecule has 0 aliphatic carbocycles. The van der Waals surface area contributed by atoms with E-state index in [1.54, 1.807) is 18.6 Å². The third kappa shape index (κ3) is 5.02. The van der Waals surface area contributed by atoms with E-state index in [4.69, 9.17) is 27.2 Å². The van der Waals surface area contributed by atoms with E-state index in [1.165, 1.54) is 0 Å². The Balaban J connectivity index is 1.19. The minimum absolute atomic E-state index is 0.110. The van der Waals surface area contributed by atoms with Crippen molar-refractivity contribution in [1.82, 2.24) is 30.0 Å². The second-order valence-electron chi connectivity index (χ2n) is 11.2. The first-order valence-electron chi connectivity index (χ1n) is 13.6. The van der Waals surface area contributed by atoms with E-state index in [1.807, 2.05) is 61.2 Å². The van der Waals surface area contributed by atoms with Gasteiger partial charge in [-0.15, -0.1) is 0 Å². The lowest BCUT2D eigenvalue weighted by atomic mass is 9.82. The number of nitrogens with one attached hydrogen (secondary N) is 1. The Morgan fingerprint density at radius 1 is 1.15 bits per heavy atom. The number of nitrogens with zero attached hydrogens (tertiary/aromatic N) is 5. The van der Waals surface area contributed by atoms with E-state index in [-0.39, 0.29) is 17.3 Å². The summed E-state index contributed by atoms with van der Waals surface area (Å²) in [4.78, 5) is 23.7. The Hall–Kier alpha value is -4.37. The number of aryl methyl sites for hydroxylation is 1. The smallest absolute Gasteiger partial charge is 0.318 e. The molecule has 2 aliphatic heterocycles. The molecule has 0 radical (unpaired) electrons. The lowest BCUT2D eigenvalue weighted by Crippen LogP contribution is -2.48. The summed E-state index contributed by atoms with van der Waals surface area (Å²) in [6.07, 6.45) is 6.79. The number of ether oxygens (including phenoxy) is 1. The van der Waals surface area contributed by atoms with Crippen LogP contribution in [-0.4, -0.2) is 43.8 Å². The number of carbonyl (C=O) groups is 1. The highest BCUT2D eigenvalue weighted by atomic mass is 35.5. The number of halogens is 1. The molecule has 1 saturated heterocycles. The Labute approximate surface area is 244 Å². The summed E-state index contributed by atoms with van der Waals surface area (Å²) in [7, 11) is 0. The van der Waals surface area contributed by atoms with Crippen molar-refractivity contribution in [2.45, 2.75) is 44.2 Å². The van der Waals surface area contributed by atoms with Crippen molar-refractivity contribution in [3.8, 4) is 17.0 Å². The molecule has 10 heteroatoms. The first-order valence-corrected chi connectivity index (χ1v) is 14.0. The van der Waals surface area contributed by atoms with Gasteiger partial charge in [0.05, 0.1) is 16.3 Å². The van der Waals surface area contributed by atoms with Crippen LogP contribution in [0.3, 0.4) is 0 Å². The van der Waals surface area contributed by atoms with Gasteiger partial charge in [0, 0.05) is 60.5 Å². The maximum absolute atomic E-state index is 13.4. The lowest BCUT2D eigenvalue weighted by Gasteiger charge is -2.31. The van der Waals surface area contributed by atoms with Gasteiger partial charge in [0.15, 0.2) is 11.6 Å². The zero-order valence-corrected chi connectivity index (χ0v) is 23.9. The molecule has 3 aromatic heterocycles. The normalized spacial score (nSPS) is 18.0. The molecule has 2 aliphatic rings. The zero-order chi connectivity index (χ0) is 28.8. The third-order valence-electron chi connectivity index (χ3n) is 8.14. The number of rotatable bonds is 6. The number of nitrogens with two attached hydrogens (primary N) is 1. The number of carbonyl (C=O) groups excluding carboxylic acids is 1. The van der Waals surface area contributed by atoms with Gasteiger partial charge in [-0.2, -0.15) is 5.10 Å².